The van der Waals surface area contributed by atoms with E-state index in [9.17, 15) is 0 Å². The third-order valence-electron chi connectivity index (χ3n) is 3.11. The first-order chi connectivity index (χ1) is 9.86. The van der Waals surface area contributed by atoms with Gasteiger partial charge >= 0.3 is 0 Å². The smallest absolute Gasteiger partial charge is 0.148 e. The molecule has 0 unspecified atom stereocenters. The lowest BCUT2D eigenvalue weighted by molar-refractivity contribution is 0.945. The van der Waals surface area contributed by atoms with Gasteiger partial charge in [0.05, 0.1) is 11.2 Å². The molecule has 0 aliphatic rings. The lowest BCUT2D eigenvalue weighted by Gasteiger charge is -2.05. The van der Waals surface area contributed by atoms with Gasteiger partial charge in [-0.25, -0.2) is 0 Å². The fourth-order valence-electron chi connectivity index (χ4n) is 2.04. The topological polar surface area (TPSA) is 50.7 Å². The molecule has 2 aromatic heterocycles. The number of aromatic nitrogens is 3. The highest BCUT2D eigenvalue weighted by atomic mass is 15.2. The van der Waals surface area contributed by atoms with Crippen molar-refractivity contribution >= 4 is 16.7 Å². The first-order valence-electron chi connectivity index (χ1n) is 6.79. The van der Waals surface area contributed by atoms with Gasteiger partial charge in [-0.3, -0.25) is 4.98 Å². The van der Waals surface area contributed by atoms with Gasteiger partial charge in [-0.1, -0.05) is 25.1 Å². The summed E-state index contributed by atoms with van der Waals surface area (Å²) in [6, 6.07) is 14.1. The monoisotopic (exact) mass is 264 g/mol. The van der Waals surface area contributed by atoms with Gasteiger partial charge in [0.15, 0.2) is 0 Å². The Morgan fingerprint density at radius 1 is 1.05 bits per heavy atom. The van der Waals surface area contributed by atoms with Crippen LogP contribution in [-0.2, 0) is 0 Å². The van der Waals surface area contributed by atoms with Crippen molar-refractivity contribution in [2.75, 3.05) is 11.9 Å². The lowest BCUT2D eigenvalue weighted by atomic mass is 10.1. The highest BCUT2D eigenvalue weighted by Gasteiger charge is 2.03. The summed E-state index contributed by atoms with van der Waals surface area (Å²) in [6.45, 7) is 3.03. The van der Waals surface area contributed by atoms with Crippen molar-refractivity contribution in [3.63, 3.8) is 0 Å². The van der Waals surface area contributed by atoms with Crippen LogP contribution in [0.25, 0.3) is 22.2 Å². The van der Waals surface area contributed by atoms with E-state index in [0.29, 0.717) is 0 Å². The van der Waals surface area contributed by atoms with E-state index in [2.05, 4.69) is 39.6 Å². The minimum Gasteiger partial charge on any atom is -0.369 e. The molecule has 4 heteroatoms. The fraction of sp³-hybridized carbons (Fsp3) is 0.188. The third kappa shape index (κ3) is 2.59. The van der Waals surface area contributed by atoms with Gasteiger partial charge in [0.1, 0.15) is 5.82 Å². The summed E-state index contributed by atoms with van der Waals surface area (Å²) in [4.78, 5) is 4.45. The van der Waals surface area contributed by atoms with Gasteiger partial charge in [-0.2, -0.15) is 0 Å². The van der Waals surface area contributed by atoms with E-state index in [1.807, 2.05) is 36.5 Å². The Labute approximate surface area is 117 Å². The van der Waals surface area contributed by atoms with Crippen LogP contribution in [0.4, 0.5) is 5.82 Å². The Morgan fingerprint density at radius 2 is 1.95 bits per heavy atom. The number of nitrogens with one attached hydrogen (secondary N) is 1. The van der Waals surface area contributed by atoms with Crippen LogP contribution >= 0.6 is 0 Å². The number of nitrogens with zero attached hydrogens (tertiary/aromatic N) is 3. The fourth-order valence-corrected chi connectivity index (χ4v) is 2.04. The van der Waals surface area contributed by atoms with Crippen LogP contribution < -0.4 is 5.32 Å². The molecule has 0 saturated heterocycles. The molecule has 0 atom stereocenters. The third-order valence-corrected chi connectivity index (χ3v) is 3.11. The summed E-state index contributed by atoms with van der Waals surface area (Å²) in [6.07, 6.45) is 2.91. The van der Waals surface area contributed by atoms with Gasteiger partial charge in [0.25, 0.3) is 0 Å². The second-order valence-corrected chi connectivity index (χ2v) is 4.65. The normalized spacial score (nSPS) is 10.7. The van der Waals surface area contributed by atoms with Gasteiger partial charge in [0, 0.05) is 23.7 Å². The van der Waals surface area contributed by atoms with E-state index in [1.165, 1.54) is 0 Å². The molecule has 0 radical (unpaired) electrons. The molecule has 0 saturated carbocycles. The lowest BCUT2D eigenvalue weighted by Crippen LogP contribution is -2.02. The van der Waals surface area contributed by atoms with Crippen LogP contribution in [0.15, 0.2) is 48.7 Å². The van der Waals surface area contributed by atoms with Crippen LogP contribution in [0.5, 0.6) is 0 Å². The maximum absolute atomic E-state index is 4.45. The zero-order chi connectivity index (χ0) is 13.8. The first-order valence-corrected chi connectivity index (χ1v) is 6.79. The van der Waals surface area contributed by atoms with Gasteiger partial charge in [0.2, 0.25) is 0 Å². The Morgan fingerprint density at radius 3 is 2.75 bits per heavy atom. The van der Waals surface area contributed by atoms with Crippen molar-refractivity contribution in [3.05, 3.63) is 48.7 Å². The summed E-state index contributed by atoms with van der Waals surface area (Å²) in [5.41, 5.74) is 2.81. The Kier molecular flexibility index (Phi) is 3.54. The number of rotatable bonds is 4. The number of pyridine rings is 1. The molecule has 1 aromatic carbocycles. The second kappa shape index (κ2) is 5.65. The molecule has 0 spiro atoms. The maximum atomic E-state index is 4.45. The minimum absolute atomic E-state index is 0.810. The van der Waals surface area contributed by atoms with Crippen LogP contribution in [0.2, 0.25) is 0 Å². The standard InChI is InChI=1S/C16H16N4/c1-2-9-17-16-8-7-15(19-20-16)13-10-12-5-3-4-6-14(12)18-11-13/h3-8,10-11H,2,9H2,1H3,(H,17,20). The molecule has 0 aliphatic heterocycles. The van der Waals surface area contributed by atoms with Gasteiger partial charge < -0.3 is 5.32 Å². The Hall–Kier alpha value is -2.49. The van der Waals surface area contributed by atoms with E-state index in [0.717, 1.165) is 40.9 Å². The molecule has 4 nitrogen and oxygen atoms in total. The predicted molar refractivity (Wildman–Crippen MR) is 81.5 cm³/mol. The highest BCUT2D eigenvalue weighted by molar-refractivity contribution is 5.82. The van der Waals surface area contributed by atoms with Crippen molar-refractivity contribution in [1.29, 1.82) is 0 Å². The van der Waals surface area contributed by atoms with Crippen LogP contribution in [-0.4, -0.2) is 21.7 Å². The summed E-state index contributed by atoms with van der Waals surface area (Å²) in [5.74, 6) is 0.810. The summed E-state index contributed by atoms with van der Waals surface area (Å²) < 4.78 is 0. The second-order valence-electron chi connectivity index (χ2n) is 4.65. The number of benzene rings is 1. The van der Waals surface area contributed by atoms with E-state index >= 15 is 0 Å². The maximum Gasteiger partial charge on any atom is 0.148 e. The predicted octanol–water partition coefficient (Wildman–Crippen LogP) is 3.51. The summed E-state index contributed by atoms with van der Waals surface area (Å²) in [7, 11) is 0. The molecule has 0 amide bonds. The molecule has 3 rings (SSSR count). The van der Waals surface area contributed by atoms with Crippen molar-refractivity contribution in [2.45, 2.75) is 13.3 Å². The minimum atomic E-state index is 0.810. The zero-order valence-electron chi connectivity index (χ0n) is 11.4. The van der Waals surface area contributed by atoms with Crippen LogP contribution in [0, 0.1) is 0 Å². The van der Waals surface area contributed by atoms with Gasteiger partial charge in [-0.05, 0) is 30.7 Å². The molecule has 20 heavy (non-hydrogen) atoms. The highest BCUT2D eigenvalue weighted by Crippen LogP contribution is 2.20. The van der Waals surface area contributed by atoms with Gasteiger partial charge in [-0.15, -0.1) is 10.2 Å². The SMILES string of the molecule is CCCNc1ccc(-c2cnc3ccccc3c2)nn1. The Balaban J connectivity index is 1.90. The van der Waals surface area contributed by atoms with E-state index in [1.54, 1.807) is 0 Å². The van der Waals surface area contributed by atoms with Crippen molar-refractivity contribution in [2.24, 2.45) is 0 Å². The quantitative estimate of drug-likeness (QED) is 0.783. The molecule has 0 fully saturated rings. The van der Waals surface area contributed by atoms with Crippen molar-refractivity contribution in [3.8, 4) is 11.3 Å². The average Bonchev–Trinajstić information content (AvgIpc) is 2.53. The number of para-hydroxylation sites is 1. The Bertz CT molecular complexity index is 707. The van der Waals surface area contributed by atoms with Crippen LogP contribution in [0.3, 0.4) is 0 Å². The van der Waals surface area contributed by atoms with Crippen molar-refractivity contribution in [1.82, 2.24) is 15.2 Å². The van der Waals surface area contributed by atoms with E-state index in [4.69, 9.17) is 0 Å². The molecule has 100 valence electrons. The molecule has 0 aliphatic carbocycles. The largest absolute Gasteiger partial charge is 0.369 e. The molecule has 2 heterocycles. The molecule has 3 aromatic rings. The molecule has 1 N–H and O–H groups in total. The van der Waals surface area contributed by atoms with Crippen LogP contribution in [0.1, 0.15) is 13.3 Å². The average molecular weight is 264 g/mol. The van der Waals surface area contributed by atoms with E-state index < -0.39 is 0 Å². The zero-order valence-corrected chi connectivity index (χ0v) is 11.4. The molecular weight excluding hydrogens is 248 g/mol. The number of hydrogen-bond acceptors (Lipinski definition) is 4. The van der Waals surface area contributed by atoms with E-state index in [-0.39, 0.29) is 0 Å². The summed E-state index contributed by atoms with van der Waals surface area (Å²) in [5, 5.41) is 12.8. The molecular formula is C16H16N4. The number of fused-ring (bicyclic) bond motifs is 1. The van der Waals surface area contributed by atoms with Crippen molar-refractivity contribution < 1.29 is 0 Å². The first kappa shape index (κ1) is 12.5. The number of hydrogen-bond donors (Lipinski definition) is 1. The number of anilines is 1. The summed E-state index contributed by atoms with van der Waals surface area (Å²) >= 11 is 0. The molecule has 0 bridgehead atoms.